The van der Waals surface area contributed by atoms with Crippen LogP contribution in [0.25, 0.3) is 10.8 Å². The number of carbonyl (C=O) groups is 2. The molecule has 2 amide bonds. The van der Waals surface area contributed by atoms with Crippen molar-refractivity contribution in [3.63, 3.8) is 0 Å². The highest BCUT2D eigenvalue weighted by molar-refractivity contribution is 8.00. The second kappa shape index (κ2) is 9.53. The zero-order valence-corrected chi connectivity index (χ0v) is 17.8. The number of benzene rings is 3. The van der Waals surface area contributed by atoms with E-state index in [2.05, 4.69) is 10.6 Å². The highest BCUT2D eigenvalue weighted by atomic mass is 32.2. The topological polar surface area (TPSA) is 71.3 Å². The van der Waals surface area contributed by atoms with E-state index in [1.807, 2.05) is 67.6 Å². The van der Waals surface area contributed by atoms with Gasteiger partial charge in [0.05, 0.1) is 11.5 Å². The largest absolute Gasteiger partial charge is 0.459 e. The zero-order chi connectivity index (χ0) is 21.6. The molecule has 4 rings (SSSR count). The van der Waals surface area contributed by atoms with Crippen LogP contribution >= 0.6 is 11.8 Å². The summed E-state index contributed by atoms with van der Waals surface area (Å²) >= 11 is 1.47. The van der Waals surface area contributed by atoms with Gasteiger partial charge in [0, 0.05) is 16.3 Å². The van der Waals surface area contributed by atoms with E-state index >= 15 is 0 Å². The molecule has 0 aliphatic carbocycles. The van der Waals surface area contributed by atoms with Crippen molar-refractivity contribution in [2.24, 2.45) is 0 Å². The lowest BCUT2D eigenvalue weighted by Crippen LogP contribution is -2.24. The SMILES string of the molecule is CCC(Sc1cccc(NC(=O)c2ccco2)c1)C(=O)Nc1ccc2ccccc2c1. The van der Waals surface area contributed by atoms with Crippen molar-refractivity contribution in [1.29, 1.82) is 0 Å². The molecule has 1 unspecified atom stereocenters. The Hall–Kier alpha value is -3.51. The lowest BCUT2D eigenvalue weighted by Gasteiger charge is -2.16. The van der Waals surface area contributed by atoms with Crippen LogP contribution in [-0.2, 0) is 4.79 Å². The number of hydrogen-bond acceptors (Lipinski definition) is 4. The molecule has 0 aliphatic rings. The first-order valence-electron chi connectivity index (χ1n) is 10.0. The van der Waals surface area contributed by atoms with E-state index in [0.29, 0.717) is 12.1 Å². The van der Waals surface area contributed by atoms with E-state index in [0.717, 1.165) is 21.4 Å². The molecule has 156 valence electrons. The zero-order valence-electron chi connectivity index (χ0n) is 17.0. The first-order valence-corrected chi connectivity index (χ1v) is 10.9. The van der Waals surface area contributed by atoms with Crippen LogP contribution in [-0.4, -0.2) is 17.1 Å². The Bertz CT molecular complexity index is 1200. The summed E-state index contributed by atoms with van der Waals surface area (Å²) in [7, 11) is 0. The van der Waals surface area contributed by atoms with Crippen LogP contribution in [0.2, 0.25) is 0 Å². The summed E-state index contributed by atoms with van der Waals surface area (Å²) in [5, 5.41) is 7.80. The predicted octanol–water partition coefficient (Wildman–Crippen LogP) is 6.19. The molecule has 1 aromatic heterocycles. The first-order chi connectivity index (χ1) is 15.1. The standard InChI is InChI=1S/C25H22N2O3S/c1-2-23(25(29)27-20-13-12-17-7-3-4-8-18(17)15-20)31-21-10-5-9-19(16-21)26-24(28)22-11-6-14-30-22/h3-16,23H,2H2,1H3,(H,26,28)(H,27,29). The van der Waals surface area contributed by atoms with Gasteiger partial charge in [0.1, 0.15) is 0 Å². The molecule has 0 bridgehead atoms. The van der Waals surface area contributed by atoms with Crippen LogP contribution in [0.15, 0.2) is 94.4 Å². The number of carbonyl (C=O) groups excluding carboxylic acids is 2. The Labute approximate surface area is 184 Å². The lowest BCUT2D eigenvalue weighted by atomic mass is 10.1. The van der Waals surface area contributed by atoms with Crippen LogP contribution < -0.4 is 10.6 Å². The van der Waals surface area contributed by atoms with Crippen LogP contribution in [0.1, 0.15) is 23.9 Å². The van der Waals surface area contributed by atoms with Gasteiger partial charge in [-0.3, -0.25) is 9.59 Å². The number of amides is 2. The molecule has 1 atom stereocenters. The smallest absolute Gasteiger partial charge is 0.291 e. The molecule has 6 heteroatoms. The van der Waals surface area contributed by atoms with Gasteiger partial charge in [-0.05, 0) is 59.7 Å². The summed E-state index contributed by atoms with van der Waals surface area (Å²) in [6.45, 7) is 1.99. The summed E-state index contributed by atoms with van der Waals surface area (Å²) in [4.78, 5) is 26.0. The van der Waals surface area contributed by atoms with Crippen molar-refractivity contribution in [1.82, 2.24) is 0 Å². The average molecular weight is 431 g/mol. The Morgan fingerprint density at radius 3 is 2.45 bits per heavy atom. The number of furan rings is 1. The second-order valence-electron chi connectivity index (χ2n) is 7.03. The lowest BCUT2D eigenvalue weighted by molar-refractivity contribution is -0.115. The van der Waals surface area contributed by atoms with Crippen LogP contribution in [0.5, 0.6) is 0 Å². The van der Waals surface area contributed by atoms with E-state index in [-0.39, 0.29) is 22.8 Å². The maximum atomic E-state index is 12.9. The van der Waals surface area contributed by atoms with Crippen LogP contribution in [0, 0.1) is 0 Å². The van der Waals surface area contributed by atoms with Gasteiger partial charge in [-0.1, -0.05) is 43.3 Å². The van der Waals surface area contributed by atoms with Gasteiger partial charge in [-0.25, -0.2) is 0 Å². The summed E-state index contributed by atoms with van der Waals surface area (Å²) in [6.07, 6.45) is 2.13. The van der Waals surface area contributed by atoms with Gasteiger partial charge in [0.25, 0.3) is 5.91 Å². The minimum atomic E-state index is -0.312. The highest BCUT2D eigenvalue weighted by Crippen LogP contribution is 2.29. The number of rotatable bonds is 7. The maximum absolute atomic E-state index is 12.9. The number of nitrogens with one attached hydrogen (secondary N) is 2. The Morgan fingerprint density at radius 1 is 0.871 bits per heavy atom. The molecule has 5 nitrogen and oxygen atoms in total. The van der Waals surface area contributed by atoms with Gasteiger partial charge >= 0.3 is 0 Å². The normalized spacial score (nSPS) is 11.8. The number of anilines is 2. The van der Waals surface area contributed by atoms with Crippen molar-refractivity contribution in [2.75, 3.05) is 10.6 Å². The number of fused-ring (bicyclic) bond motifs is 1. The first kappa shape index (κ1) is 20.8. The maximum Gasteiger partial charge on any atom is 0.291 e. The molecule has 1 heterocycles. The van der Waals surface area contributed by atoms with E-state index in [1.165, 1.54) is 18.0 Å². The molecule has 2 N–H and O–H groups in total. The van der Waals surface area contributed by atoms with Gasteiger partial charge in [0.15, 0.2) is 5.76 Å². The Morgan fingerprint density at radius 2 is 1.68 bits per heavy atom. The second-order valence-corrected chi connectivity index (χ2v) is 8.30. The molecule has 0 aliphatic heterocycles. The molecule has 0 saturated carbocycles. The summed E-state index contributed by atoms with van der Waals surface area (Å²) in [6, 6.07) is 24.7. The number of hydrogen-bond donors (Lipinski definition) is 2. The van der Waals surface area contributed by atoms with Crippen molar-refractivity contribution in [3.05, 3.63) is 90.9 Å². The van der Waals surface area contributed by atoms with Crippen molar-refractivity contribution in [2.45, 2.75) is 23.5 Å². The quantitative estimate of drug-likeness (QED) is 0.343. The van der Waals surface area contributed by atoms with Gasteiger partial charge in [0.2, 0.25) is 5.91 Å². The third kappa shape index (κ3) is 5.16. The summed E-state index contributed by atoms with van der Waals surface area (Å²) in [5.41, 5.74) is 1.43. The summed E-state index contributed by atoms with van der Waals surface area (Å²) in [5.74, 6) is -0.111. The minimum Gasteiger partial charge on any atom is -0.459 e. The molecule has 0 fully saturated rings. The van der Waals surface area contributed by atoms with Gasteiger partial charge in [-0.15, -0.1) is 11.8 Å². The molecule has 0 radical (unpaired) electrons. The Balaban J connectivity index is 1.43. The third-order valence-electron chi connectivity index (χ3n) is 4.80. The highest BCUT2D eigenvalue weighted by Gasteiger charge is 2.19. The van der Waals surface area contributed by atoms with E-state index in [1.54, 1.807) is 18.2 Å². The van der Waals surface area contributed by atoms with Gasteiger partial charge in [-0.2, -0.15) is 0 Å². The minimum absolute atomic E-state index is 0.0483. The van der Waals surface area contributed by atoms with Crippen molar-refractivity contribution < 1.29 is 14.0 Å². The molecular formula is C25H22N2O3S. The fraction of sp³-hybridized carbons (Fsp3) is 0.120. The Kier molecular flexibility index (Phi) is 6.38. The van der Waals surface area contributed by atoms with Gasteiger partial charge < -0.3 is 15.1 Å². The molecule has 0 spiro atoms. The third-order valence-corrected chi connectivity index (χ3v) is 6.15. The van der Waals surface area contributed by atoms with E-state index in [4.69, 9.17) is 4.42 Å². The monoisotopic (exact) mass is 430 g/mol. The molecule has 0 saturated heterocycles. The van der Waals surface area contributed by atoms with E-state index in [9.17, 15) is 9.59 Å². The fourth-order valence-electron chi connectivity index (χ4n) is 3.22. The number of thioether (sulfide) groups is 1. The van der Waals surface area contributed by atoms with Crippen LogP contribution in [0.4, 0.5) is 11.4 Å². The van der Waals surface area contributed by atoms with E-state index < -0.39 is 0 Å². The molecular weight excluding hydrogens is 408 g/mol. The van der Waals surface area contributed by atoms with Crippen molar-refractivity contribution in [3.8, 4) is 0 Å². The molecule has 31 heavy (non-hydrogen) atoms. The summed E-state index contributed by atoms with van der Waals surface area (Å²) < 4.78 is 5.12. The predicted molar refractivity (Wildman–Crippen MR) is 126 cm³/mol. The fourth-order valence-corrected chi connectivity index (χ4v) is 4.24. The average Bonchev–Trinajstić information content (AvgIpc) is 3.33. The molecule has 3 aromatic carbocycles. The van der Waals surface area contributed by atoms with Crippen molar-refractivity contribution >= 4 is 45.7 Å². The molecule has 4 aromatic rings. The van der Waals surface area contributed by atoms with Crippen LogP contribution in [0.3, 0.4) is 0 Å².